The molecule has 2 amide bonds. The molecule has 1 aromatic carbocycles. The van der Waals surface area contributed by atoms with Gasteiger partial charge in [0.25, 0.3) is 0 Å². The average Bonchev–Trinajstić information content (AvgIpc) is 2.73. The largest absolute Gasteiger partial charge is 0.494 e. The number of carbonyl (C=O) groups is 1. The topological polar surface area (TPSA) is 67.4 Å². The summed E-state index contributed by atoms with van der Waals surface area (Å²) in [6, 6.07) is 10.5. The smallest absolute Gasteiger partial charge is 0.389 e. The first-order chi connectivity index (χ1) is 14.8. The standard InChI is InChI=1S/C22H25F3N4O2/c1-16-15-29(21(30)27-20-7-3-10-26-28-20)11-8-18(16)13-17-5-2-6-19(14-17)31-12-4-9-22(23,24)25/h2-3,5-7,10,13-14,16H,4,8-9,11-12,15H2,1H3,(H,27,28,30)/b18-13+. The van der Waals surface area contributed by atoms with E-state index < -0.39 is 12.6 Å². The second-order valence-corrected chi connectivity index (χ2v) is 7.50. The maximum absolute atomic E-state index is 12.5. The van der Waals surface area contributed by atoms with Gasteiger partial charge in [-0.15, -0.1) is 5.10 Å². The zero-order chi connectivity index (χ0) is 22.3. The number of alkyl halides is 3. The lowest BCUT2D eigenvalue weighted by Gasteiger charge is -2.33. The van der Waals surface area contributed by atoms with E-state index in [1.165, 1.54) is 11.8 Å². The SMILES string of the molecule is CC1CN(C(=O)Nc2cccnn2)CC/C1=C\c1cccc(OCCCC(F)(F)F)c1. The lowest BCUT2D eigenvalue weighted by molar-refractivity contribution is -0.136. The molecule has 1 aromatic heterocycles. The monoisotopic (exact) mass is 434 g/mol. The third-order valence-corrected chi connectivity index (χ3v) is 4.98. The first kappa shape index (κ1) is 22.6. The van der Waals surface area contributed by atoms with Crippen molar-refractivity contribution in [3.63, 3.8) is 0 Å². The second-order valence-electron chi connectivity index (χ2n) is 7.50. The number of carbonyl (C=O) groups excluding carboxylic acids is 1. The van der Waals surface area contributed by atoms with E-state index in [1.807, 2.05) is 18.2 Å². The van der Waals surface area contributed by atoms with Crippen LogP contribution in [0.3, 0.4) is 0 Å². The number of nitrogens with zero attached hydrogens (tertiary/aromatic N) is 3. The predicted molar refractivity (Wildman–Crippen MR) is 112 cm³/mol. The third-order valence-electron chi connectivity index (χ3n) is 4.98. The third kappa shape index (κ3) is 7.27. The minimum Gasteiger partial charge on any atom is -0.494 e. The van der Waals surface area contributed by atoms with Crippen LogP contribution in [0.5, 0.6) is 5.75 Å². The molecular formula is C22H25F3N4O2. The molecule has 1 aliphatic heterocycles. The fraction of sp³-hybridized carbons (Fsp3) is 0.409. The van der Waals surface area contributed by atoms with Gasteiger partial charge in [-0.05, 0) is 48.6 Å². The molecule has 2 heterocycles. The average molecular weight is 434 g/mol. The van der Waals surface area contributed by atoms with Gasteiger partial charge in [0.15, 0.2) is 5.82 Å². The number of aromatic nitrogens is 2. The highest BCUT2D eigenvalue weighted by Crippen LogP contribution is 2.27. The minimum absolute atomic E-state index is 0.0196. The zero-order valence-corrected chi connectivity index (χ0v) is 17.2. The van der Waals surface area contributed by atoms with E-state index in [1.54, 1.807) is 23.1 Å². The van der Waals surface area contributed by atoms with E-state index in [9.17, 15) is 18.0 Å². The fourth-order valence-electron chi connectivity index (χ4n) is 3.38. The van der Waals surface area contributed by atoms with Crippen molar-refractivity contribution < 1.29 is 22.7 Å². The number of urea groups is 1. The summed E-state index contributed by atoms with van der Waals surface area (Å²) in [4.78, 5) is 14.2. The highest BCUT2D eigenvalue weighted by atomic mass is 19.4. The molecule has 1 fully saturated rings. The van der Waals surface area contributed by atoms with Crippen LogP contribution in [0, 0.1) is 5.92 Å². The Balaban J connectivity index is 1.54. The van der Waals surface area contributed by atoms with Crippen LogP contribution in [0.2, 0.25) is 0 Å². The van der Waals surface area contributed by atoms with Crippen LogP contribution in [-0.2, 0) is 0 Å². The normalized spacial score (nSPS) is 18.1. The van der Waals surface area contributed by atoms with Crippen LogP contribution >= 0.6 is 0 Å². The number of likely N-dealkylation sites (tertiary alicyclic amines) is 1. The van der Waals surface area contributed by atoms with Crippen molar-refractivity contribution in [1.82, 2.24) is 15.1 Å². The van der Waals surface area contributed by atoms with Gasteiger partial charge in [-0.1, -0.05) is 30.7 Å². The quantitative estimate of drug-likeness (QED) is 0.638. The molecule has 1 N–H and O–H groups in total. The second kappa shape index (κ2) is 10.3. The Morgan fingerprint density at radius 2 is 2.16 bits per heavy atom. The summed E-state index contributed by atoms with van der Waals surface area (Å²) >= 11 is 0. The van der Waals surface area contributed by atoms with Crippen LogP contribution in [0.1, 0.15) is 31.7 Å². The lowest BCUT2D eigenvalue weighted by Crippen LogP contribution is -2.42. The van der Waals surface area contributed by atoms with Gasteiger partial charge < -0.3 is 9.64 Å². The van der Waals surface area contributed by atoms with Crippen molar-refractivity contribution in [1.29, 1.82) is 0 Å². The van der Waals surface area contributed by atoms with Gasteiger partial charge in [0.1, 0.15) is 5.75 Å². The number of amides is 2. The van der Waals surface area contributed by atoms with E-state index in [-0.39, 0.29) is 25.0 Å². The van der Waals surface area contributed by atoms with Crippen molar-refractivity contribution in [2.75, 3.05) is 25.0 Å². The van der Waals surface area contributed by atoms with Crippen LogP contribution in [0.25, 0.3) is 6.08 Å². The number of benzene rings is 1. The molecule has 166 valence electrons. The van der Waals surface area contributed by atoms with E-state index in [4.69, 9.17) is 4.74 Å². The molecule has 1 atom stereocenters. The molecule has 9 heteroatoms. The van der Waals surface area contributed by atoms with E-state index >= 15 is 0 Å². The van der Waals surface area contributed by atoms with Crippen molar-refractivity contribution in [3.05, 3.63) is 53.7 Å². The fourth-order valence-corrected chi connectivity index (χ4v) is 3.38. The van der Waals surface area contributed by atoms with Crippen LogP contribution < -0.4 is 10.1 Å². The molecule has 1 unspecified atom stereocenters. The highest BCUT2D eigenvalue weighted by molar-refractivity contribution is 5.88. The Labute approximate surface area is 179 Å². The Morgan fingerprint density at radius 3 is 2.87 bits per heavy atom. The molecule has 0 bridgehead atoms. The predicted octanol–water partition coefficient (Wildman–Crippen LogP) is 5.16. The summed E-state index contributed by atoms with van der Waals surface area (Å²) < 4.78 is 42.2. The number of halogens is 3. The van der Waals surface area contributed by atoms with Gasteiger partial charge in [-0.2, -0.15) is 18.3 Å². The first-order valence-electron chi connectivity index (χ1n) is 10.1. The molecule has 6 nitrogen and oxygen atoms in total. The number of hydrogen-bond donors (Lipinski definition) is 1. The molecule has 0 radical (unpaired) electrons. The Hall–Kier alpha value is -3.10. The summed E-state index contributed by atoms with van der Waals surface area (Å²) in [6.45, 7) is 3.23. The first-order valence-corrected chi connectivity index (χ1v) is 10.1. The van der Waals surface area contributed by atoms with Gasteiger partial charge in [0, 0.05) is 25.7 Å². The molecule has 3 rings (SSSR count). The summed E-state index contributed by atoms with van der Waals surface area (Å²) in [5.74, 6) is 1.12. The molecule has 2 aromatic rings. The Bertz CT molecular complexity index is 903. The Kier molecular flexibility index (Phi) is 7.49. The van der Waals surface area contributed by atoms with Gasteiger partial charge in [0.05, 0.1) is 6.61 Å². The highest BCUT2D eigenvalue weighted by Gasteiger charge is 2.26. The molecule has 0 spiro atoms. The van der Waals surface area contributed by atoms with Crippen molar-refractivity contribution in [2.24, 2.45) is 5.92 Å². The van der Waals surface area contributed by atoms with Gasteiger partial charge in [0.2, 0.25) is 0 Å². The van der Waals surface area contributed by atoms with Gasteiger partial charge in [-0.3, -0.25) is 5.32 Å². The van der Waals surface area contributed by atoms with Crippen molar-refractivity contribution in [3.8, 4) is 5.75 Å². The number of ether oxygens (including phenoxy) is 1. The maximum Gasteiger partial charge on any atom is 0.389 e. The van der Waals surface area contributed by atoms with E-state index in [0.29, 0.717) is 24.7 Å². The maximum atomic E-state index is 12.5. The molecule has 1 saturated heterocycles. The minimum atomic E-state index is -4.16. The van der Waals surface area contributed by atoms with Crippen LogP contribution in [0.4, 0.5) is 23.8 Å². The van der Waals surface area contributed by atoms with Crippen molar-refractivity contribution >= 4 is 17.9 Å². The Morgan fingerprint density at radius 1 is 1.32 bits per heavy atom. The number of hydrogen-bond acceptors (Lipinski definition) is 4. The number of anilines is 1. The van der Waals surface area contributed by atoms with Gasteiger partial charge in [-0.25, -0.2) is 4.79 Å². The van der Waals surface area contributed by atoms with E-state index in [2.05, 4.69) is 28.5 Å². The van der Waals surface area contributed by atoms with Crippen molar-refractivity contribution in [2.45, 2.75) is 32.4 Å². The molecular weight excluding hydrogens is 409 g/mol. The lowest BCUT2D eigenvalue weighted by atomic mass is 9.91. The van der Waals surface area contributed by atoms with Crippen LogP contribution in [-0.4, -0.2) is 47.0 Å². The van der Waals surface area contributed by atoms with E-state index in [0.717, 1.165) is 12.0 Å². The van der Waals surface area contributed by atoms with Crippen LogP contribution in [0.15, 0.2) is 48.2 Å². The summed E-state index contributed by atoms with van der Waals surface area (Å²) in [7, 11) is 0. The number of piperidine rings is 1. The zero-order valence-electron chi connectivity index (χ0n) is 17.2. The summed E-state index contributed by atoms with van der Waals surface area (Å²) in [5.41, 5.74) is 2.13. The molecule has 0 saturated carbocycles. The summed E-state index contributed by atoms with van der Waals surface area (Å²) in [5, 5.41) is 10.4. The summed E-state index contributed by atoms with van der Waals surface area (Å²) in [6.07, 6.45) is -0.755. The number of nitrogens with one attached hydrogen (secondary N) is 1. The molecule has 31 heavy (non-hydrogen) atoms. The van der Waals surface area contributed by atoms with Gasteiger partial charge >= 0.3 is 12.2 Å². The number of rotatable bonds is 6. The molecule has 0 aliphatic carbocycles. The molecule has 1 aliphatic rings.